The van der Waals surface area contributed by atoms with Crippen molar-refractivity contribution >= 4 is 5.97 Å². The molecule has 1 aliphatic rings. The van der Waals surface area contributed by atoms with Crippen LogP contribution < -0.4 is 9.47 Å². The average molecular weight is 336 g/mol. The van der Waals surface area contributed by atoms with Gasteiger partial charge < -0.3 is 14.6 Å². The van der Waals surface area contributed by atoms with Crippen LogP contribution in [-0.4, -0.2) is 66.8 Å². The molecule has 134 valence electrons. The van der Waals surface area contributed by atoms with Gasteiger partial charge in [0.05, 0.1) is 19.8 Å². The van der Waals surface area contributed by atoms with Gasteiger partial charge >= 0.3 is 5.97 Å². The molecule has 1 N–H and O–H groups in total. The van der Waals surface area contributed by atoms with Crippen molar-refractivity contribution in [3.63, 3.8) is 0 Å². The van der Waals surface area contributed by atoms with Crippen molar-refractivity contribution in [1.29, 1.82) is 0 Å². The summed E-state index contributed by atoms with van der Waals surface area (Å²) in [6.07, 6.45) is 0. The summed E-state index contributed by atoms with van der Waals surface area (Å²) in [6.45, 7) is 10.0. The molecule has 0 radical (unpaired) electrons. The Bertz CT molecular complexity index is 589. The minimum Gasteiger partial charge on any atom is -0.497 e. The summed E-state index contributed by atoms with van der Waals surface area (Å²) in [4.78, 5) is 16.4. The van der Waals surface area contributed by atoms with Crippen LogP contribution in [0.2, 0.25) is 0 Å². The molecular weight excluding hydrogens is 308 g/mol. The molecule has 6 nitrogen and oxygen atoms in total. The zero-order valence-electron chi connectivity index (χ0n) is 15.2. The molecule has 2 rings (SSSR count). The van der Waals surface area contributed by atoms with Crippen molar-refractivity contribution in [2.24, 2.45) is 0 Å². The van der Waals surface area contributed by atoms with Gasteiger partial charge in [-0.15, -0.1) is 0 Å². The summed E-state index contributed by atoms with van der Waals surface area (Å²) < 4.78 is 10.6. The first kappa shape index (κ1) is 18.5. The van der Waals surface area contributed by atoms with Crippen LogP contribution in [0.4, 0.5) is 0 Å². The Morgan fingerprint density at radius 1 is 1.29 bits per heavy atom. The minimum absolute atomic E-state index is 0.241. The molecule has 0 saturated carbocycles. The van der Waals surface area contributed by atoms with E-state index in [1.165, 1.54) is 7.11 Å². The topological polar surface area (TPSA) is 62.2 Å². The van der Waals surface area contributed by atoms with Crippen LogP contribution in [0.5, 0.6) is 11.5 Å². The number of methoxy groups -OCH3 is 2. The number of hydrogen-bond donors (Lipinski definition) is 1. The molecule has 6 heteroatoms. The van der Waals surface area contributed by atoms with Crippen LogP contribution in [0.1, 0.15) is 36.7 Å². The molecule has 0 bridgehead atoms. The van der Waals surface area contributed by atoms with Crippen molar-refractivity contribution in [3.8, 4) is 11.5 Å². The molecule has 1 heterocycles. The largest absolute Gasteiger partial charge is 0.497 e. The Morgan fingerprint density at radius 2 is 2.00 bits per heavy atom. The Balaban J connectivity index is 2.24. The van der Waals surface area contributed by atoms with E-state index in [4.69, 9.17) is 9.47 Å². The van der Waals surface area contributed by atoms with Gasteiger partial charge in [-0.1, -0.05) is 0 Å². The van der Waals surface area contributed by atoms with E-state index >= 15 is 0 Å². The van der Waals surface area contributed by atoms with E-state index in [2.05, 4.69) is 30.6 Å². The van der Waals surface area contributed by atoms with E-state index < -0.39 is 5.97 Å². The number of benzene rings is 1. The highest BCUT2D eigenvalue weighted by Crippen LogP contribution is 2.30. The Hall–Kier alpha value is -1.79. The second-order valence-corrected chi connectivity index (χ2v) is 6.58. The molecule has 0 aliphatic carbocycles. The first-order valence-corrected chi connectivity index (χ1v) is 8.33. The van der Waals surface area contributed by atoms with Gasteiger partial charge in [-0.05, 0) is 26.8 Å². The summed E-state index contributed by atoms with van der Waals surface area (Å²) in [5, 5.41) is 9.56. The number of carboxylic acid groups (broad SMARTS) is 1. The van der Waals surface area contributed by atoms with Gasteiger partial charge in [-0.2, -0.15) is 0 Å². The minimum atomic E-state index is -0.962. The third-order valence-corrected chi connectivity index (χ3v) is 4.68. The highest BCUT2D eigenvalue weighted by Gasteiger charge is 2.27. The van der Waals surface area contributed by atoms with Gasteiger partial charge in [0.1, 0.15) is 11.5 Å². The van der Waals surface area contributed by atoms with E-state index in [1.807, 2.05) is 0 Å². The lowest BCUT2D eigenvalue weighted by molar-refractivity contribution is 0.0552. The normalized spacial score (nSPS) is 19.5. The monoisotopic (exact) mass is 336 g/mol. The van der Waals surface area contributed by atoms with Crippen molar-refractivity contribution in [2.75, 3.05) is 33.9 Å². The summed E-state index contributed by atoms with van der Waals surface area (Å²) in [5.74, 6) is 0.0905. The predicted molar refractivity (Wildman–Crippen MR) is 93.1 cm³/mol. The molecule has 1 atom stereocenters. The van der Waals surface area contributed by atoms with Crippen molar-refractivity contribution in [1.82, 2.24) is 9.80 Å². The van der Waals surface area contributed by atoms with Crippen LogP contribution in [-0.2, 0) is 6.54 Å². The molecule has 0 amide bonds. The van der Waals surface area contributed by atoms with Gasteiger partial charge in [-0.25, -0.2) is 4.79 Å². The number of piperazine rings is 1. The van der Waals surface area contributed by atoms with E-state index in [1.54, 1.807) is 19.2 Å². The molecule has 1 saturated heterocycles. The summed E-state index contributed by atoms with van der Waals surface area (Å²) in [6, 6.07) is 4.27. The standard InChI is InChI=1S/C18H28N2O4/c1-12(2)20-7-6-19(10-13(20)3)11-16-15(18(21)22)8-14(23-4)9-17(16)24-5/h8-9,12-13H,6-7,10-11H2,1-5H3,(H,21,22)/t13-/m1/s1. The smallest absolute Gasteiger partial charge is 0.336 e. The number of aromatic carboxylic acids is 1. The number of hydrogen-bond acceptors (Lipinski definition) is 5. The quantitative estimate of drug-likeness (QED) is 0.860. The maximum absolute atomic E-state index is 11.7. The summed E-state index contributed by atoms with van der Waals surface area (Å²) in [7, 11) is 3.08. The average Bonchev–Trinajstić information content (AvgIpc) is 2.54. The van der Waals surface area contributed by atoms with Gasteiger partial charge in [-0.3, -0.25) is 9.80 Å². The van der Waals surface area contributed by atoms with E-state index in [-0.39, 0.29) is 5.56 Å². The summed E-state index contributed by atoms with van der Waals surface area (Å²) >= 11 is 0. The van der Waals surface area contributed by atoms with Crippen LogP contribution >= 0.6 is 0 Å². The lowest BCUT2D eigenvalue weighted by atomic mass is 10.0. The molecule has 1 fully saturated rings. The summed E-state index contributed by atoms with van der Waals surface area (Å²) in [5.41, 5.74) is 0.945. The second-order valence-electron chi connectivity index (χ2n) is 6.58. The molecule has 0 unspecified atom stereocenters. The molecular formula is C18H28N2O4. The molecule has 0 aromatic heterocycles. The predicted octanol–water partition coefficient (Wildman–Crippen LogP) is 2.32. The van der Waals surface area contributed by atoms with Gasteiger partial charge in [0.15, 0.2) is 0 Å². The first-order chi connectivity index (χ1) is 11.4. The number of rotatable bonds is 6. The third-order valence-electron chi connectivity index (χ3n) is 4.68. The van der Waals surface area contributed by atoms with E-state index in [9.17, 15) is 9.90 Å². The first-order valence-electron chi connectivity index (χ1n) is 8.33. The second kappa shape index (κ2) is 7.85. The number of carbonyl (C=O) groups is 1. The van der Waals surface area contributed by atoms with Crippen LogP contribution in [0.15, 0.2) is 12.1 Å². The molecule has 1 aliphatic heterocycles. The maximum atomic E-state index is 11.7. The fourth-order valence-corrected chi connectivity index (χ4v) is 3.46. The van der Waals surface area contributed by atoms with Crippen molar-refractivity contribution in [3.05, 3.63) is 23.3 Å². The van der Waals surface area contributed by atoms with Crippen LogP contribution in [0.3, 0.4) is 0 Å². The Morgan fingerprint density at radius 3 is 2.50 bits per heavy atom. The van der Waals surface area contributed by atoms with Crippen LogP contribution in [0, 0.1) is 0 Å². The van der Waals surface area contributed by atoms with E-state index in [0.717, 1.165) is 19.6 Å². The zero-order valence-corrected chi connectivity index (χ0v) is 15.2. The van der Waals surface area contributed by atoms with Crippen molar-refractivity contribution < 1.29 is 19.4 Å². The highest BCUT2D eigenvalue weighted by molar-refractivity contribution is 5.91. The maximum Gasteiger partial charge on any atom is 0.336 e. The number of ether oxygens (including phenoxy) is 2. The Labute approximate surface area is 144 Å². The number of nitrogens with zero attached hydrogens (tertiary/aromatic N) is 2. The zero-order chi connectivity index (χ0) is 17.9. The van der Waals surface area contributed by atoms with Crippen molar-refractivity contribution in [2.45, 2.75) is 39.4 Å². The van der Waals surface area contributed by atoms with Crippen LogP contribution in [0.25, 0.3) is 0 Å². The SMILES string of the molecule is COc1cc(OC)c(CN2CCN(C(C)C)[C@H](C)C2)c(C(=O)O)c1. The lowest BCUT2D eigenvalue weighted by Crippen LogP contribution is -2.53. The van der Waals surface area contributed by atoms with Gasteiger partial charge in [0, 0.05) is 49.9 Å². The fourth-order valence-electron chi connectivity index (χ4n) is 3.46. The number of carboxylic acids is 1. The third kappa shape index (κ3) is 3.99. The molecule has 0 spiro atoms. The molecule has 24 heavy (non-hydrogen) atoms. The van der Waals surface area contributed by atoms with E-state index in [0.29, 0.717) is 35.7 Å². The lowest BCUT2D eigenvalue weighted by Gasteiger charge is -2.42. The highest BCUT2D eigenvalue weighted by atomic mass is 16.5. The Kier molecular flexibility index (Phi) is 6.07. The van der Waals surface area contributed by atoms with Gasteiger partial charge in [0.25, 0.3) is 0 Å². The fraction of sp³-hybridized carbons (Fsp3) is 0.611. The van der Waals surface area contributed by atoms with Gasteiger partial charge in [0.2, 0.25) is 0 Å². The molecule has 1 aromatic carbocycles. The molecule has 1 aromatic rings.